The van der Waals surface area contributed by atoms with Gasteiger partial charge in [0.2, 0.25) is 0 Å². The molecule has 0 atom stereocenters. The summed E-state index contributed by atoms with van der Waals surface area (Å²) in [6.07, 6.45) is 6.76. The van der Waals surface area contributed by atoms with E-state index in [1.165, 1.54) is 0 Å². The van der Waals surface area contributed by atoms with E-state index in [0.717, 1.165) is 5.82 Å². The molecule has 0 aromatic carbocycles. The van der Waals surface area contributed by atoms with E-state index in [4.69, 9.17) is 4.42 Å². The summed E-state index contributed by atoms with van der Waals surface area (Å²) in [5.74, 6) is 1.85. The van der Waals surface area contributed by atoms with Crippen LogP contribution in [0.2, 0.25) is 0 Å². The van der Waals surface area contributed by atoms with Crippen LogP contribution in [-0.2, 0) is 0 Å². The molecule has 0 saturated heterocycles. The number of furan rings is 1. The molecular formula is C15H14N4O2. The fourth-order valence-corrected chi connectivity index (χ4v) is 2.06. The average molecular weight is 282 g/mol. The number of rotatable bonds is 3. The Morgan fingerprint density at radius 2 is 2.19 bits per heavy atom. The molecule has 6 heteroatoms. The molecule has 0 unspecified atom stereocenters. The molecular weight excluding hydrogens is 268 g/mol. The Balaban J connectivity index is 1.76. The van der Waals surface area contributed by atoms with Crippen molar-refractivity contribution in [2.75, 3.05) is 5.32 Å². The number of carbonyl (C=O) groups excluding carboxylic acids is 1. The van der Waals surface area contributed by atoms with Crippen molar-refractivity contribution in [1.29, 1.82) is 0 Å². The summed E-state index contributed by atoms with van der Waals surface area (Å²) in [6, 6.07) is 5.32. The SMILES string of the molecule is Cc1cc(C(=O)Nc2ccc(-n3ccnc3)nc2)c(C)o1. The minimum atomic E-state index is -0.207. The number of pyridine rings is 1. The second-order valence-electron chi connectivity index (χ2n) is 4.66. The zero-order valence-corrected chi connectivity index (χ0v) is 11.7. The van der Waals surface area contributed by atoms with Gasteiger partial charge in [-0.15, -0.1) is 0 Å². The number of hydrogen-bond acceptors (Lipinski definition) is 4. The van der Waals surface area contributed by atoms with Crippen molar-refractivity contribution in [2.45, 2.75) is 13.8 Å². The maximum absolute atomic E-state index is 12.1. The third-order valence-corrected chi connectivity index (χ3v) is 3.06. The third-order valence-electron chi connectivity index (χ3n) is 3.06. The molecule has 3 aromatic rings. The first-order valence-electron chi connectivity index (χ1n) is 6.46. The van der Waals surface area contributed by atoms with Crippen LogP contribution in [0.25, 0.3) is 5.82 Å². The first kappa shape index (κ1) is 13.1. The first-order chi connectivity index (χ1) is 10.1. The Kier molecular flexibility index (Phi) is 3.27. The summed E-state index contributed by atoms with van der Waals surface area (Å²) < 4.78 is 7.14. The summed E-state index contributed by atoms with van der Waals surface area (Å²) in [5, 5.41) is 2.80. The van der Waals surface area contributed by atoms with Crippen molar-refractivity contribution in [3.8, 4) is 5.82 Å². The van der Waals surface area contributed by atoms with Crippen LogP contribution in [0, 0.1) is 13.8 Å². The highest BCUT2D eigenvalue weighted by Gasteiger charge is 2.13. The van der Waals surface area contributed by atoms with Crippen molar-refractivity contribution in [1.82, 2.24) is 14.5 Å². The summed E-state index contributed by atoms with van der Waals surface area (Å²) in [5.41, 5.74) is 1.16. The maximum Gasteiger partial charge on any atom is 0.259 e. The Morgan fingerprint density at radius 3 is 2.76 bits per heavy atom. The second kappa shape index (κ2) is 5.24. The maximum atomic E-state index is 12.1. The van der Waals surface area contributed by atoms with E-state index in [9.17, 15) is 4.79 Å². The van der Waals surface area contributed by atoms with E-state index in [1.807, 2.05) is 13.0 Å². The van der Waals surface area contributed by atoms with Gasteiger partial charge < -0.3 is 9.73 Å². The number of anilines is 1. The topological polar surface area (TPSA) is 73.0 Å². The van der Waals surface area contributed by atoms with Crippen LogP contribution in [0.15, 0.2) is 47.5 Å². The van der Waals surface area contributed by atoms with Gasteiger partial charge in [-0.3, -0.25) is 9.36 Å². The summed E-state index contributed by atoms with van der Waals surface area (Å²) in [4.78, 5) is 20.4. The van der Waals surface area contributed by atoms with E-state index < -0.39 is 0 Å². The largest absolute Gasteiger partial charge is 0.466 e. The molecule has 0 aliphatic carbocycles. The highest BCUT2D eigenvalue weighted by molar-refractivity contribution is 6.04. The molecule has 3 aromatic heterocycles. The average Bonchev–Trinajstić information content (AvgIpc) is 3.09. The van der Waals surface area contributed by atoms with Crippen LogP contribution in [-0.4, -0.2) is 20.4 Å². The molecule has 6 nitrogen and oxygen atoms in total. The van der Waals surface area contributed by atoms with Crippen LogP contribution in [0.4, 0.5) is 5.69 Å². The third kappa shape index (κ3) is 2.69. The molecule has 1 N–H and O–H groups in total. The van der Waals surface area contributed by atoms with Crippen LogP contribution in [0.5, 0.6) is 0 Å². The monoisotopic (exact) mass is 282 g/mol. The van der Waals surface area contributed by atoms with Crippen molar-refractivity contribution >= 4 is 11.6 Å². The van der Waals surface area contributed by atoms with Gasteiger partial charge in [-0.25, -0.2) is 9.97 Å². The molecule has 0 fully saturated rings. The van der Waals surface area contributed by atoms with Crippen molar-refractivity contribution < 1.29 is 9.21 Å². The number of amides is 1. The molecule has 3 rings (SSSR count). The van der Waals surface area contributed by atoms with Gasteiger partial charge in [0.15, 0.2) is 0 Å². The van der Waals surface area contributed by atoms with E-state index in [0.29, 0.717) is 22.8 Å². The van der Waals surface area contributed by atoms with E-state index >= 15 is 0 Å². The van der Waals surface area contributed by atoms with Crippen molar-refractivity contribution in [2.24, 2.45) is 0 Å². The van der Waals surface area contributed by atoms with Crippen molar-refractivity contribution in [3.05, 3.63) is 60.2 Å². The van der Waals surface area contributed by atoms with Gasteiger partial charge in [-0.05, 0) is 32.0 Å². The molecule has 21 heavy (non-hydrogen) atoms. The van der Waals surface area contributed by atoms with E-state index in [2.05, 4.69) is 15.3 Å². The lowest BCUT2D eigenvalue weighted by Gasteiger charge is -2.05. The number of aromatic nitrogens is 3. The molecule has 1 amide bonds. The minimum Gasteiger partial charge on any atom is -0.466 e. The fourth-order valence-electron chi connectivity index (χ4n) is 2.06. The van der Waals surface area contributed by atoms with E-state index in [-0.39, 0.29) is 5.91 Å². The standard InChI is InChI=1S/C15H14N4O2/c1-10-7-13(11(2)21-10)15(20)18-12-3-4-14(17-8-12)19-6-5-16-9-19/h3-9H,1-2H3,(H,18,20). The van der Waals surface area contributed by atoms with Gasteiger partial charge in [0.1, 0.15) is 23.7 Å². The van der Waals surface area contributed by atoms with Gasteiger partial charge >= 0.3 is 0 Å². The van der Waals surface area contributed by atoms with Crippen LogP contribution in [0.1, 0.15) is 21.9 Å². The smallest absolute Gasteiger partial charge is 0.259 e. The van der Waals surface area contributed by atoms with Crippen LogP contribution in [0.3, 0.4) is 0 Å². The Hall–Kier alpha value is -2.89. The predicted molar refractivity (Wildman–Crippen MR) is 77.5 cm³/mol. The number of hydrogen-bond donors (Lipinski definition) is 1. The number of aryl methyl sites for hydroxylation is 2. The lowest BCUT2D eigenvalue weighted by Crippen LogP contribution is -2.12. The lowest BCUT2D eigenvalue weighted by molar-refractivity contribution is 0.102. The van der Waals surface area contributed by atoms with Gasteiger partial charge in [-0.2, -0.15) is 0 Å². The Labute approximate surface area is 121 Å². The van der Waals surface area contributed by atoms with Gasteiger partial charge in [-0.1, -0.05) is 0 Å². The quantitative estimate of drug-likeness (QED) is 0.801. The van der Waals surface area contributed by atoms with Crippen LogP contribution >= 0.6 is 0 Å². The number of carbonyl (C=O) groups is 1. The molecule has 0 aliphatic heterocycles. The molecule has 0 spiro atoms. The van der Waals surface area contributed by atoms with E-state index in [1.54, 1.807) is 48.5 Å². The number of nitrogens with one attached hydrogen (secondary N) is 1. The molecule has 106 valence electrons. The zero-order chi connectivity index (χ0) is 14.8. The first-order valence-corrected chi connectivity index (χ1v) is 6.46. The minimum absolute atomic E-state index is 0.207. The molecule has 3 heterocycles. The molecule has 0 radical (unpaired) electrons. The number of imidazole rings is 1. The summed E-state index contributed by atoms with van der Waals surface area (Å²) in [6.45, 7) is 3.58. The highest BCUT2D eigenvalue weighted by atomic mass is 16.3. The Bertz CT molecular complexity index is 758. The normalized spacial score (nSPS) is 10.6. The van der Waals surface area contributed by atoms with Gasteiger partial charge in [0.05, 0.1) is 17.4 Å². The van der Waals surface area contributed by atoms with Gasteiger partial charge in [0.25, 0.3) is 5.91 Å². The zero-order valence-electron chi connectivity index (χ0n) is 11.7. The van der Waals surface area contributed by atoms with Crippen molar-refractivity contribution in [3.63, 3.8) is 0 Å². The molecule has 0 aliphatic rings. The summed E-state index contributed by atoms with van der Waals surface area (Å²) in [7, 11) is 0. The Morgan fingerprint density at radius 1 is 1.33 bits per heavy atom. The molecule has 0 saturated carbocycles. The second-order valence-corrected chi connectivity index (χ2v) is 4.66. The summed E-state index contributed by atoms with van der Waals surface area (Å²) >= 11 is 0. The number of nitrogens with zero attached hydrogens (tertiary/aromatic N) is 3. The predicted octanol–water partition coefficient (Wildman–Crippen LogP) is 2.73. The fraction of sp³-hybridized carbons (Fsp3) is 0.133. The van der Waals surface area contributed by atoms with Crippen LogP contribution < -0.4 is 5.32 Å². The lowest BCUT2D eigenvalue weighted by atomic mass is 10.2. The van der Waals surface area contributed by atoms with Gasteiger partial charge in [0, 0.05) is 12.4 Å². The highest BCUT2D eigenvalue weighted by Crippen LogP contribution is 2.16. The molecule has 0 bridgehead atoms.